The Balaban J connectivity index is 2.00. The number of halogens is 5. The number of rotatable bonds is 7. The number of hydrogen-bond donors (Lipinski definition) is 0. The van der Waals surface area contributed by atoms with Gasteiger partial charge in [-0.05, 0) is 77.9 Å². The van der Waals surface area contributed by atoms with Crippen molar-refractivity contribution in [3.63, 3.8) is 0 Å². The summed E-state index contributed by atoms with van der Waals surface area (Å²) >= 11 is 8.68. The van der Waals surface area contributed by atoms with Crippen molar-refractivity contribution in [1.82, 2.24) is 4.57 Å². The lowest BCUT2D eigenvalue weighted by Gasteiger charge is -2.26. The fourth-order valence-electron chi connectivity index (χ4n) is 4.13. The number of hydrogen-bond acceptors (Lipinski definition) is 8. The SMILES string of the molecule is CCOC(=O)C1=C(C(F)(F)F)N=c2s/c(=C\c3cc(I)c(OC(C)=O)c(OCC)c3)c(=O)n2[C@H]1c1ccc(Cl)cc1. The topological polar surface area (TPSA) is 96.2 Å². The summed E-state index contributed by atoms with van der Waals surface area (Å²) in [5, 5.41) is 0.316. The van der Waals surface area contributed by atoms with E-state index in [-0.39, 0.29) is 39.6 Å². The van der Waals surface area contributed by atoms with Crippen molar-refractivity contribution < 1.29 is 37.0 Å². The second-order valence-electron chi connectivity index (χ2n) is 8.47. The Morgan fingerprint density at radius 2 is 1.85 bits per heavy atom. The highest BCUT2D eigenvalue weighted by atomic mass is 127. The number of aromatic nitrogens is 1. The molecular weight excluding hydrogens is 700 g/mol. The van der Waals surface area contributed by atoms with Gasteiger partial charge in [0.25, 0.3) is 5.56 Å². The molecule has 8 nitrogen and oxygen atoms in total. The van der Waals surface area contributed by atoms with E-state index in [1.54, 1.807) is 19.1 Å². The van der Waals surface area contributed by atoms with E-state index in [2.05, 4.69) is 4.99 Å². The summed E-state index contributed by atoms with van der Waals surface area (Å²) in [5.74, 6) is -1.34. The van der Waals surface area contributed by atoms with E-state index >= 15 is 0 Å². The second-order valence-corrected chi connectivity index (χ2v) is 11.1. The molecule has 0 unspecified atom stereocenters. The highest BCUT2D eigenvalue weighted by Gasteiger charge is 2.45. The van der Waals surface area contributed by atoms with Gasteiger partial charge >= 0.3 is 18.1 Å². The molecule has 2 heterocycles. The summed E-state index contributed by atoms with van der Waals surface area (Å²) in [7, 11) is 0. The minimum Gasteiger partial charge on any atom is -0.490 e. The van der Waals surface area contributed by atoms with Crippen LogP contribution in [0, 0.1) is 3.57 Å². The van der Waals surface area contributed by atoms with E-state index < -0.39 is 41.0 Å². The first kappa shape index (κ1) is 30.8. The van der Waals surface area contributed by atoms with E-state index in [1.165, 1.54) is 44.2 Å². The Bertz CT molecular complexity index is 1730. The molecule has 0 radical (unpaired) electrons. The number of carbonyl (C=O) groups is 2. The maximum absolute atomic E-state index is 14.3. The normalized spacial score (nSPS) is 15.3. The highest BCUT2D eigenvalue weighted by Crippen LogP contribution is 2.39. The van der Waals surface area contributed by atoms with Gasteiger partial charge < -0.3 is 14.2 Å². The van der Waals surface area contributed by atoms with Gasteiger partial charge in [0, 0.05) is 11.9 Å². The number of fused-ring (bicyclic) bond motifs is 1. The van der Waals surface area contributed by atoms with Gasteiger partial charge in [0.05, 0.1) is 32.9 Å². The molecule has 3 aromatic rings. The first-order valence-corrected chi connectivity index (χ1v) is 14.3. The van der Waals surface area contributed by atoms with Crippen molar-refractivity contribution in [2.24, 2.45) is 4.99 Å². The largest absolute Gasteiger partial charge is 0.490 e. The number of nitrogens with zero attached hydrogens (tertiary/aromatic N) is 2. The molecule has 1 atom stereocenters. The van der Waals surface area contributed by atoms with Gasteiger partial charge in [0.15, 0.2) is 22.0 Å². The summed E-state index contributed by atoms with van der Waals surface area (Å²) in [4.78, 5) is 41.7. The predicted octanol–water partition coefficient (Wildman–Crippen LogP) is 4.92. The second kappa shape index (κ2) is 12.4. The molecule has 1 aromatic heterocycles. The Labute approximate surface area is 253 Å². The van der Waals surface area contributed by atoms with E-state index in [1.807, 2.05) is 22.6 Å². The lowest BCUT2D eigenvalue weighted by atomic mass is 9.95. The number of ether oxygens (including phenoxy) is 3. The van der Waals surface area contributed by atoms with E-state index in [0.717, 1.165) is 15.9 Å². The number of esters is 2. The van der Waals surface area contributed by atoms with Crippen molar-refractivity contribution in [2.45, 2.75) is 33.0 Å². The van der Waals surface area contributed by atoms with Gasteiger partial charge in [-0.15, -0.1) is 0 Å². The Kier molecular flexibility index (Phi) is 9.29. The summed E-state index contributed by atoms with van der Waals surface area (Å²) in [6, 6.07) is 7.47. The van der Waals surface area contributed by atoms with Crippen molar-refractivity contribution in [2.75, 3.05) is 13.2 Å². The number of benzene rings is 2. The maximum Gasteiger partial charge on any atom is 0.434 e. The molecule has 1 aliphatic rings. The van der Waals surface area contributed by atoms with Crippen LogP contribution in [0.3, 0.4) is 0 Å². The van der Waals surface area contributed by atoms with Gasteiger partial charge in [0.1, 0.15) is 0 Å². The van der Waals surface area contributed by atoms with E-state index in [9.17, 15) is 27.6 Å². The number of thiazole rings is 1. The minimum absolute atomic E-state index is 0.0489. The van der Waals surface area contributed by atoms with Crippen LogP contribution in [-0.2, 0) is 14.3 Å². The molecule has 0 saturated carbocycles. The zero-order valence-electron chi connectivity index (χ0n) is 21.7. The Morgan fingerprint density at radius 3 is 2.44 bits per heavy atom. The monoisotopic (exact) mass is 720 g/mol. The molecule has 0 aliphatic carbocycles. The molecule has 4 rings (SSSR count). The summed E-state index contributed by atoms with van der Waals surface area (Å²) in [6.07, 6.45) is -3.55. The Morgan fingerprint density at radius 1 is 1.17 bits per heavy atom. The van der Waals surface area contributed by atoms with Crippen molar-refractivity contribution in [3.8, 4) is 11.5 Å². The summed E-state index contributed by atoms with van der Waals surface area (Å²) in [6.45, 7) is 4.52. The average molecular weight is 721 g/mol. The lowest BCUT2D eigenvalue weighted by Crippen LogP contribution is -2.41. The molecule has 14 heteroatoms. The van der Waals surface area contributed by atoms with E-state index in [0.29, 0.717) is 14.2 Å². The molecule has 2 aromatic carbocycles. The van der Waals surface area contributed by atoms with Gasteiger partial charge in [-0.3, -0.25) is 14.2 Å². The van der Waals surface area contributed by atoms with Crippen LogP contribution >= 0.6 is 45.5 Å². The molecule has 0 bridgehead atoms. The minimum atomic E-state index is -5.02. The maximum atomic E-state index is 14.3. The van der Waals surface area contributed by atoms with Crippen LogP contribution < -0.4 is 24.4 Å². The molecule has 0 amide bonds. The molecule has 1 aliphatic heterocycles. The van der Waals surface area contributed by atoms with Crippen LogP contribution in [-0.4, -0.2) is 35.9 Å². The number of carbonyl (C=O) groups excluding carboxylic acids is 2. The van der Waals surface area contributed by atoms with Crippen LogP contribution in [0.1, 0.15) is 37.9 Å². The first-order chi connectivity index (χ1) is 19.3. The molecule has 41 heavy (non-hydrogen) atoms. The zero-order chi connectivity index (χ0) is 30.1. The van der Waals surface area contributed by atoms with Gasteiger partial charge in [-0.1, -0.05) is 35.1 Å². The van der Waals surface area contributed by atoms with Gasteiger partial charge in [0.2, 0.25) is 0 Å². The number of allylic oxidation sites excluding steroid dienone is 1. The average Bonchev–Trinajstić information content (AvgIpc) is 3.20. The van der Waals surface area contributed by atoms with E-state index in [4.69, 9.17) is 25.8 Å². The quantitative estimate of drug-likeness (QED) is 0.196. The van der Waals surface area contributed by atoms with Crippen molar-refractivity contribution in [1.29, 1.82) is 0 Å². The van der Waals surface area contributed by atoms with Crippen LogP contribution in [0.2, 0.25) is 5.02 Å². The number of alkyl halides is 3. The first-order valence-electron chi connectivity index (χ1n) is 12.1. The fraction of sp³-hybridized carbons (Fsp3) is 0.259. The Hall–Kier alpha value is -3.17. The summed E-state index contributed by atoms with van der Waals surface area (Å²) in [5.41, 5.74) is -2.25. The third kappa shape index (κ3) is 6.51. The molecule has 0 spiro atoms. The molecule has 0 fully saturated rings. The third-order valence-electron chi connectivity index (χ3n) is 5.66. The smallest absolute Gasteiger partial charge is 0.434 e. The molecular formula is C27H21ClF3IN2O6S. The predicted molar refractivity (Wildman–Crippen MR) is 154 cm³/mol. The third-order valence-corrected chi connectivity index (χ3v) is 7.69. The van der Waals surface area contributed by atoms with Crippen LogP contribution in [0.15, 0.2) is 57.5 Å². The standard InChI is InChI=1S/C27H21ClF3IN2O6S/c1-4-38-18-11-14(10-17(32)22(18)40-13(3)35)12-19-24(36)34-21(15-6-8-16(28)9-7-15)20(25(37)39-5-2)23(27(29,30)31)33-26(34)41-19/h6-12,21H,4-5H2,1-3H3/b19-12-/t21-/m0/s1. The zero-order valence-corrected chi connectivity index (χ0v) is 25.4. The van der Waals surface area contributed by atoms with Crippen LogP contribution in [0.4, 0.5) is 13.2 Å². The van der Waals surface area contributed by atoms with Gasteiger partial charge in [-0.25, -0.2) is 9.79 Å². The molecule has 0 saturated heterocycles. The fourth-order valence-corrected chi connectivity index (χ4v) is 5.99. The van der Waals surface area contributed by atoms with Crippen molar-refractivity contribution in [3.05, 3.63) is 87.1 Å². The van der Waals surface area contributed by atoms with Crippen molar-refractivity contribution >= 4 is 63.5 Å². The molecule has 216 valence electrons. The highest BCUT2D eigenvalue weighted by molar-refractivity contribution is 14.1. The van der Waals surface area contributed by atoms with Crippen LogP contribution in [0.25, 0.3) is 6.08 Å². The van der Waals surface area contributed by atoms with Crippen LogP contribution in [0.5, 0.6) is 11.5 Å². The van der Waals surface area contributed by atoms with Gasteiger partial charge in [-0.2, -0.15) is 13.2 Å². The lowest BCUT2D eigenvalue weighted by molar-refractivity contribution is -0.140. The molecule has 0 N–H and O–H groups in total. The summed E-state index contributed by atoms with van der Waals surface area (Å²) < 4.78 is 60.2.